The van der Waals surface area contributed by atoms with E-state index in [1.807, 2.05) is 25.1 Å². The summed E-state index contributed by atoms with van der Waals surface area (Å²) >= 11 is 0. The normalized spacial score (nSPS) is 10.1. The van der Waals surface area contributed by atoms with Crippen LogP contribution in [0.1, 0.15) is 30.0 Å². The van der Waals surface area contributed by atoms with Crippen molar-refractivity contribution in [2.45, 2.75) is 33.1 Å². The molecule has 1 aromatic rings. The van der Waals surface area contributed by atoms with Gasteiger partial charge in [-0.2, -0.15) is 0 Å². The van der Waals surface area contributed by atoms with Gasteiger partial charge in [-0.1, -0.05) is 18.2 Å². The maximum Gasteiger partial charge on any atom is 0.310 e. The summed E-state index contributed by atoms with van der Waals surface area (Å²) in [5, 5.41) is 8.71. The van der Waals surface area contributed by atoms with E-state index in [1.54, 1.807) is 6.92 Å². The van der Waals surface area contributed by atoms with E-state index in [9.17, 15) is 9.59 Å². The molecule has 4 heteroatoms. The van der Waals surface area contributed by atoms with Gasteiger partial charge in [-0.3, -0.25) is 9.59 Å². The van der Waals surface area contributed by atoms with Crippen LogP contribution in [0.3, 0.4) is 0 Å². The topological polar surface area (TPSA) is 63.6 Å². The van der Waals surface area contributed by atoms with Crippen molar-refractivity contribution in [1.29, 1.82) is 0 Å². The first-order valence-electron chi connectivity index (χ1n) is 5.99. The van der Waals surface area contributed by atoms with Crippen molar-refractivity contribution in [2.75, 3.05) is 6.61 Å². The third-order valence-corrected chi connectivity index (χ3v) is 2.74. The van der Waals surface area contributed by atoms with E-state index in [4.69, 9.17) is 9.84 Å². The third-order valence-electron chi connectivity index (χ3n) is 2.74. The fourth-order valence-corrected chi connectivity index (χ4v) is 1.85. The molecule has 0 unspecified atom stereocenters. The Morgan fingerprint density at radius 3 is 2.67 bits per heavy atom. The van der Waals surface area contributed by atoms with Crippen LogP contribution in [0.5, 0.6) is 0 Å². The number of aryl methyl sites for hydroxylation is 2. The average Bonchev–Trinajstić information content (AvgIpc) is 2.30. The van der Waals surface area contributed by atoms with Crippen LogP contribution >= 0.6 is 0 Å². The fraction of sp³-hybridized carbons (Fsp3) is 0.429. The highest BCUT2D eigenvalue weighted by Crippen LogP contribution is 2.17. The first-order valence-corrected chi connectivity index (χ1v) is 5.99. The van der Waals surface area contributed by atoms with Crippen LogP contribution in [-0.2, 0) is 27.2 Å². The Balaban J connectivity index is 2.86. The van der Waals surface area contributed by atoms with E-state index < -0.39 is 5.97 Å². The molecule has 0 atom stereocenters. The van der Waals surface area contributed by atoms with Crippen LogP contribution in [0.25, 0.3) is 0 Å². The van der Waals surface area contributed by atoms with Crippen LogP contribution < -0.4 is 0 Å². The Morgan fingerprint density at radius 2 is 2.06 bits per heavy atom. The number of carbonyl (C=O) groups excluding carboxylic acids is 1. The predicted molar refractivity (Wildman–Crippen MR) is 67.5 cm³/mol. The molecule has 0 bridgehead atoms. The number of rotatable bonds is 6. The number of hydrogen-bond acceptors (Lipinski definition) is 3. The molecule has 0 aliphatic carbocycles. The zero-order valence-electron chi connectivity index (χ0n) is 10.7. The van der Waals surface area contributed by atoms with E-state index in [0.717, 1.165) is 16.7 Å². The molecule has 0 aromatic heterocycles. The van der Waals surface area contributed by atoms with Gasteiger partial charge in [-0.25, -0.2) is 0 Å². The minimum absolute atomic E-state index is 0.0687. The van der Waals surface area contributed by atoms with Gasteiger partial charge in [0, 0.05) is 6.42 Å². The zero-order valence-corrected chi connectivity index (χ0v) is 10.7. The molecule has 0 aliphatic rings. The third kappa shape index (κ3) is 4.20. The quantitative estimate of drug-likeness (QED) is 0.785. The summed E-state index contributed by atoms with van der Waals surface area (Å²) in [5.74, 6) is -1.11. The van der Waals surface area contributed by atoms with E-state index in [0.29, 0.717) is 13.0 Å². The lowest BCUT2D eigenvalue weighted by molar-refractivity contribution is -0.142. The van der Waals surface area contributed by atoms with Crippen LogP contribution in [0.15, 0.2) is 18.2 Å². The van der Waals surface area contributed by atoms with Crippen molar-refractivity contribution in [1.82, 2.24) is 0 Å². The van der Waals surface area contributed by atoms with Gasteiger partial charge >= 0.3 is 11.9 Å². The Labute approximate surface area is 107 Å². The maximum atomic E-state index is 11.5. The fourth-order valence-electron chi connectivity index (χ4n) is 1.85. The highest BCUT2D eigenvalue weighted by atomic mass is 16.5. The van der Waals surface area contributed by atoms with Crippen LogP contribution in [0.4, 0.5) is 0 Å². The molecule has 0 aliphatic heterocycles. The molecule has 4 nitrogen and oxygen atoms in total. The number of hydrogen-bond donors (Lipinski definition) is 1. The largest absolute Gasteiger partial charge is 0.481 e. The first kappa shape index (κ1) is 14.2. The van der Waals surface area contributed by atoms with Gasteiger partial charge in [0.2, 0.25) is 0 Å². The number of carboxylic acid groups (broad SMARTS) is 1. The van der Waals surface area contributed by atoms with Gasteiger partial charge in [-0.05, 0) is 37.0 Å². The summed E-state index contributed by atoms with van der Waals surface area (Å²) in [6.07, 6.45) is 0.709. The summed E-state index contributed by atoms with van der Waals surface area (Å²) in [4.78, 5) is 22.1. The van der Waals surface area contributed by atoms with Gasteiger partial charge in [0.25, 0.3) is 0 Å². The Kier molecular flexibility index (Phi) is 5.36. The summed E-state index contributed by atoms with van der Waals surface area (Å²) in [6, 6.07) is 5.66. The van der Waals surface area contributed by atoms with Gasteiger partial charge in [0.05, 0.1) is 13.0 Å². The van der Waals surface area contributed by atoms with Crippen molar-refractivity contribution >= 4 is 11.9 Å². The zero-order chi connectivity index (χ0) is 13.5. The van der Waals surface area contributed by atoms with Crippen molar-refractivity contribution < 1.29 is 19.4 Å². The second-order valence-electron chi connectivity index (χ2n) is 4.09. The molecule has 0 heterocycles. The van der Waals surface area contributed by atoms with Crippen molar-refractivity contribution in [3.8, 4) is 0 Å². The molecule has 0 amide bonds. The predicted octanol–water partition coefficient (Wildman–Crippen LogP) is 2.12. The number of benzene rings is 1. The highest BCUT2D eigenvalue weighted by molar-refractivity contribution is 5.74. The first-order chi connectivity index (χ1) is 8.54. The minimum Gasteiger partial charge on any atom is -0.481 e. The second-order valence-corrected chi connectivity index (χ2v) is 4.09. The lowest BCUT2D eigenvalue weighted by Crippen LogP contribution is -2.11. The minimum atomic E-state index is -0.835. The molecule has 1 N–H and O–H groups in total. The maximum absolute atomic E-state index is 11.5. The number of aliphatic carboxylic acids is 1. The second kappa shape index (κ2) is 6.79. The Hall–Kier alpha value is -1.84. The molecule has 98 valence electrons. The molecule has 0 saturated heterocycles. The SMILES string of the molecule is CCOC(=O)Cc1c(C)cccc1CCC(=O)O. The van der Waals surface area contributed by atoms with E-state index in [2.05, 4.69) is 0 Å². The molecule has 18 heavy (non-hydrogen) atoms. The number of esters is 1. The number of carbonyl (C=O) groups is 2. The standard InChI is InChI=1S/C14H18O4/c1-3-18-14(17)9-12-10(2)5-4-6-11(12)7-8-13(15)16/h4-6H,3,7-9H2,1-2H3,(H,15,16). The van der Waals surface area contributed by atoms with E-state index in [-0.39, 0.29) is 18.8 Å². The van der Waals surface area contributed by atoms with Crippen LogP contribution in [-0.4, -0.2) is 23.7 Å². The van der Waals surface area contributed by atoms with E-state index >= 15 is 0 Å². The van der Waals surface area contributed by atoms with Crippen LogP contribution in [0, 0.1) is 6.92 Å². The molecule has 0 radical (unpaired) electrons. The molecule has 1 aromatic carbocycles. The molecule has 0 saturated carbocycles. The molecule has 0 spiro atoms. The average molecular weight is 250 g/mol. The van der Waals surface area contributed by atoms with Gasteiger partial charge in [0.15, 0.2) is 0 Å². The van der Waals surface area contributed by atoms with Crippen molar-refractivity contribution in [3.63, 3.8) is 0 Å². The van der Waals surface area contributed by atoms with Crippen molar-refractivity contribution in [3.05, 3.63) is 34.9 Å². The van der Waals surface area contributed by atoms with Gasteiger partial charge < -0.3 is 9.84 Å². The van der Waals surface area contributed by atoms with Gasteiger partial charge in [0.1, 0.15) is 0 Å². The number of ether oxygens (including phenoxy) is 1. The van der Waals surface area contributed by atoms with Crippen LogP contribution in [0.2, 0.25) is 0 Å². The van der Waals surface area contributed by atoms with Gasteiger partial charge in [-0.15, -0.1) is 0 Å². The molecule has 1 rings (SSSR count). The Morgan fingerprint density at radius 1 is 1.33 bits per heavy atom. The molecular formula is C14H18O4. The summed E-state index contributed by atoms with van der Waals surface area (Å²) in [6.45, 7) is 4.04. The summed E-state index contributed by atoms with van der Waals surface area (Å²) in [5.41, 5.74) is 2.79. The lowest BCUT2D eigenvalue weighted by Gasteiger charge is -2.11. The highest BCUT2D eigenvalue weighted by Gasteiger charge is 2.12. The van der Waals surface area contributed by atoms with E-state index in [1.165, 1.54) is 0 Å². The monoisotopic (exact) mass is 250 g/mol. The molecular weight excluding hydrogens is 232 g/mol. The summed E-state index contributed by atoms with van der Waals surface area (Å²) < 4.78 is 4.93. The Bertz CT molecular complexity index is 437. The smallest absolute Gasteiger partial charge is 0.310 e. The lowest BCUT2D eigenvalue weighted by atomic mass is 9.96. The summed E-state index contributed by atoms with van der Waals surface area (Å²) in [7, 11) is 0. The van der Waals surface area contributed by atoms with Crippen molar-refractivity contribution in [2.24, 2.45) is 0 Å². The molecule has 0 fully saturated rings. The number of carboxylic acids is 1.